The zero-order chi connectivity index (χ0) is 20.9. The maximum absolute atomic E-state index is 10.1. The van der Waals surface area contributed by atoms with Gasteiger partial charge in [0, 0.05) is 6.42 Å². The van der Waals surface area contributed by atoms with Crippen LogP contribution in [0.15, 0.2) is 84.0 Å². The van der Waals surface area contributed by atoms with Crippen molar-refractivity contribution in [3.8, 4) is 17.6 Å². The van der Waals surface area contributed by atoms with Gasteiger partial charge in [0.25, 0.3) is 0 Å². The molecule has 0 saturated carbocycles. The van der Waals surface area contributed by atoms with E-state index < -0.39 is 6.04 Å². The van der Waals surface area contributed by atoms with Crippen LogP contribution in [-0.2, 0) is 0 Å². The predicted molar refractivity (Wildman–Crippen MR) is 117 cm³/mol. The zero-order valence-electron chi connectivity index (χ0n) is 17.0. The van der Waals surface area contributed by atoms with Crippen molar-refractivity contribution < 1.29 is 9.47 Å². The van der Waals surface area contributed by atoms with E-state index in [4.69, 9.17) is 14.6 Å². The van der Waals surface area contributed by atoms with Crippen molar-refractivity contribution in [1.82, 2.24) is 5.01 Å². The van der Waals surface area contributed by atoms with Gasteiger partial charge in [0.2, 0.25) is 0 Å². The Morgan fingerprint density at radius 3 is 2.23 bits per heavy atom. The molecule has 150 valence electrons. The van der Waals surface area contributed by atoms with Crippen LogP contribution in [0.3, 0.4) is 0 Å². The molecule has 2 atom stereocenters. The number of hydrazone groups is 1. The molecule has 30 heavy (non-hydrogen) atoms. The molecule has 0 aromatic heterocycles. The molecule has 3 aromatic rings. The Bertz CT molecular complexity index is 1070. The highest BCUT2D eigenvalue weighted by atomic mass is 16.5. The maximum Gasteiger partial charge on any atom is 0.161 e. The van der Waals surface area contributed by atoms with E-state index in [-0.39, 0.29) is 6.04 Å². The number of methoxy groups -OCH3 is 2. The SMILES string of the molecule is COc1ccc([C@H](C#N)N2N=C(c3ccccc3)C[C@@H]2c2ccccc2)cc1OC. The van der Waals surface area contributed by atoms with Crippen LogP contribution in [0.5, 0.6) is 11.5 Å². The average Bonchev–Trinajstić information content (AvgIpc) is 3.25. The van der Waals surface area contributed by atoms with E-state index >= 15 is 0 Å². The van der Waals surface area contributed by atoms with E-state index in [0.29, 0.717) is 11.5 Å². The summed E-state index contributed by atoms with van der Waals surface area (Å²) in [6.45, 7) is 0. The number of rotatable bonds is 6. The molecule has 0 saturated heterocycles. The van der Waals surface area contributed by atoms with Crippen LogP contribution >= 0.6 is 0 Å². The Morgan fingerprint density at radius 2 is 1.60 bits per heavy atom. The van der Waals surface area contributed by atoms with Crippen molar-refractivity contribution in [1.29, 1.82) is 5.26 Å². The second kappa shape index (κ2) is 8.71. The summed E-state index contributed by atoms with van der Waals surface area (Å²) in [6.07, 6.45) is 0.736. The van der Waals surface area contributed by atoms with Gasteiger partial charge in [0.05, 0.1) is 32.0 Å². The minimum absolute atomic E-state index is 0.0286. The summed E-state index contributed by atoms with van der Waals surface area (Å²) >= 11 is 0. The molecule has 3 aromatic carbocycles. The molecule has 0 bridgehead atoms. The first-order chi connectivity index (χ1) is 14.7. The second-order valence-corrected chi connectivity index (χ2v) is 7.07. The molecule has 1 heterocycles. The van der Waals surface area contributed by atoms with Crippen molar-refractivity contribution >= 4 is 5.71 Å². The van der Waals surface area contributed by atoms with Gasteiger partial charge in [-0.1, -0.05) is 66.7 Å². The smallest absolute Gasteiger partial charge is 0.161 e. The average molecular weight is 397 g/mol. The van der Waals surface area contributed by atoms with E-state index in [1.165, 1.54) is 0 Å². The van der Waals surface area contributed by atoms with Crippen LogP contribution in [0.25, 0.3) is 0 Å². The second-order valence-electron chi connectivity index (χ2n) is 7.07. The summed E-state index contributed by atoms with van der Waals surface area (Å²) in [4.78, 5) is 0. The maximum atomic E-state index is 10.1. The van der Waals surface area contributed by atoms with Crippen LogP contribution in [0.4, 0.5) is 0 Å². The molecule has 0 fully saturated rings. The van der Waals surface area contributed by atoms with Gasteiger partial charge >= 0.3 is 0 Å². The van der Waals surface area contributed by atoms with Crippen LogP contribution in [-0.4, -0.2) is 24.9 Å². The summed E-state index contributed by atoms with van der Waals surface area (Å²) in [5, 5.41) is 17.0. The van der Waals surface area contributed by atoms with E-state index in [1.54, 1.807) is 14.2 Å². The predicted octanol–water partition coefficient (Wildman–Crippen LogP) is 5.12. The van der Waals surface area contributed by atoms with Crippen LogP contribution < -0.4 is 9.47 Å². The standard InChI is InChI=1S/C25H23N3O2/c1-29-24-14-13-20(15-25(24)30-2)23(17-26)28-22(19-11-7-4-8-12-19)16-21(27-28)18-9-5-3-6-10-18/h3-15,22-23H,16H2,1-2H3/t22-,23+/m1/s1. The molecule has 0 N–H and O–H groups in total. The Labute approximate surface area is 176 Å². The summed E-state index contributed by atoms with van der Waals surface area (Å²) in [5.74, 6) is 1.23. The minimum Gasteiger partial charge on any atom is -0.493 e. The molecule has 5 nitrogen and oxygen atoms in total. The lowest BCUT2D eigenvalue weighted by Crippen LogP contribution is -2.24. The highest BCUT2D eigenvalue weighted by Crippen LogP contribution is 2.40. The molecular formula is C25H23N3O2. The van der Waals surface area contributed by atoms with E-state index in [0.717, 1.165) is 28.8 Å². The van der Waals surface area contributed by atoms with Crippen molar-refractivity contribution in [2.24, 2.45) is 5.10 Å². The molecule has 5 heteroatoms. The number of ether oxygens (including phenoxy) is 2. The number of hydrogen-bond donors (Lipinski definition) is 0. The summed E-state index contributed by atoms with van der Waals surface area (Å²) in [5.41, 5.74) is 4.00. The van der Waals surface area contributed by atoms with Gasteiger partial charge in [-0.3, -0.25) is 5.01 Å². The van der Waals surface area contributed by atoms with Gasteiger partial charge in [-0.05, 0) is 28.8 Å². The third-order valence-corrected chi connectivity index (χ3v) is 5.34. The number of hydrogen-bond acceptors (Lipinski definition) is 5. The van der Waals surface area contributed by atoms with Crippen LogP contribution in [0.1, 0.15) is 35.2 Å². The normalized spacial score (nSPS) is 16.5. The molecule has 1 aliphatic heterocycles. The lowest BCUT2D eigenvalue weighted by Gasteiger charge is -2.28. The Kier molecular flexibility index (Phi) is 5.67. The first-order valence-electron chi connectivity index (χ1n) is 9.83. The molecular weight excluding hydrogens is 374 g/mol. The fourth-order valence-electron chi connectivity index (χ4n) is 3.83. The molecule has 0 unspecified atom stereocenters. The van der Waals surface area contributed by atoms with Crippen LogP contribution in [0.2, 0.25) is 0 Å². The first kappa shape index (κ1) is 19.5. The number of nitriles is 1. The molecule has 0 spiro atoms. The lowest BCUT2D eigenvalue weighted by atomic mass is 9.97. The third-order valence-electron chi connectivity index (χ3n) is 5.34. The Balaban J connectivity index is 1.77. The summed E-state index contributed by atoms with van der Waals surface area (Å²) < 4.78 is 10.8. The number of benzene rings is 3. The fraction of sp³-hybridized carbons (Fsp3) is 0.200. The highest BCUT2D eigenvalue weighted by Gasteiger charge is 2.34. The zero-order valence-corrected chi connectivity index (χ0v) is 17.0. The van der Waals surface area contributed by atoms with Crippen molar-refractivity contribution in [3.63, 3.8) is 0 Å². The van der Waals surface area contributed by atoms with Gasteiger partial charge in [0.1, 0.15) is 0 Å². The first-order valence-corrected chi connectivity index (χ1v) is 9.83. The van der Waals surface area contributed by atoms with Gasteiger partial charge < -0.3 is 9.47 Å². The van der Waals surface area contributed by atoms with Crippen molar-refractivity contribution in [2.75, 3.05) is 14.2 Å². The highest BCUT2D eigenvalue weighted by molar-refractivity contribution is 6.01. The Hall–Kier alpha value is -3.78. The lowest BCUT2D eigenvalue weighted by molar-refractivity contribution is 0.196. The van der Waals surface area contributed by atoms with E-state index in [2.05, 4.69) is 30.3 Å². The van der Waals surface area contributed by atoms with Gasteiger partial charge in [-0.25, -0.2) is 0 Å². The molecule has 4 rings (SSSR count). The number of nitrogens with zero attached hydrogens (tertiary/aromatic N) is 3. The topological polar surface area (TPSA) is 57.8 Å². The Morgan fingerprint density at radius 1 is 0.933 bits per heavy atom. The van der Waals surface area contributed by atoms with Gasteiger partial charge in [0.15, 0.2) is 17.5 Å². The monoisotopic (exact) mass is 397 g/mol. The summed E-state index contributed by atoms with van der Waals surface area (Å²) in [6, 6.07) is 27.8. The van der Waals surface area contributed by atoms with Gasteiger partial charge in [-0.2, -0.15) is 10.4 Å². The third kappa shape index (κ3) is 3.72. The van der Waals surface area contributed by atoms with Gasteiger partial charge in [-0.15, -0.1) is 0 Å². The molecule has 1 aliphatic rings. The summed E-state index contributed by atoms with van der Waals surface area (Å²) in [7, 11) is 3.19. The molecule has 0 amide bonds. The minimum atomic E-state index is -0.559. The largest absolute Gasteiger partial charge is 0.493 e. The van der Waals surface area contributed by atoms with Crippen LogP contribution in [0, 0.1) is 11.3 Å². The van der Waals surface area contributed by atoms with Crippen molar-refractivity contribution in [3.05, 3.63) is 95.6 Å². The van der Waals surface area contributed by atoms with E-state index in [1.807, 2.05) is 59.6 Å². The van der Waals surface area contributed by atoms with E-state index in [9.17, 15) is 5.26 Å². The molecule has 0 radical (unpaired) electrons. The quantitative estimate of drug-likeness (QED) is 0.579. The fourth-order valence-corrected chi connectivity index (χ4v) is 3.83. The molecule has 0 aliphatic carbocycles. The van der Waals surface area contributed by atoms with Crippen molar-refractivity contribution in [2.45, 2.75) is 18.5 Å².